The zero-order valence-electron chi connectivity index (χ0n) is 6.49. The zero-order valence-corrected chi connectivity index (χ0v) is 6.49. The number of carboxylic acids is 2. The molecular formula is C6H12N2O4. The van der Waals surface area contributed by atoms with E-state index in [9.17, 15) is 9.59 Å². The van der Waals surface area contributed by atoms with Crippen LogP contribution in [0.4, 0.5) is 0 Å². The first kappa shape index (κ1) is 10.9. The summed E-state index contributed by atoms with van der Waals surface area (Å²) in [6.07, 6.45) is -0.435. The highest BCUT2D eigenvalue weighted by Gasteiger charge is 2.19. The summed E-state index contributed by atoms with van der Waals surface area (Å²) in [4.78, 5) is 20.5. The van der Waals surface area contributed by atoms with Gasteiger partial charge in [0, 0.05) is 13.1 Å². The van der Waals surface area contributed by atoms with Crippen LogP contribution in [-0.2, 0) is 9.59 Å². The fraction of sp³-hybridized carbons (Fsp3) is 0.667. The predicted molar refractivity (Wildman–Crippen MR) is 40.7 cm³/mol. The molecule has 0 aromatic carbocycles. The maximum Gasteiger partial charge on any atom is 0.321 e. The van der Waals surface area contributed by atoms with Crippen molar-refractivity contribution in [3.63, 3.8) is 0 Å². The second kappa shape index (κ2) is 5.50. The smallest absolute Gasteiger partial charge is 0.321 e. The third kappa shape index (κ3) is 4.64. The summed E-state index contributed by atoms with van der Waals surface area (Å²) >= 11 is 0. The van der Waals surface area contributed by atoms with Crippen LogP contribution < -0.4 is 11.1 Å². The molecule has 0 aromatic heterocycles. The first-order valence-corrected chi connectivity index (χ1v) is 3.46. The van der Waals surface area contributed by atoms with Gasteiger partial charge in [-0.25, -0.2) is 0 Å². The number of nitrogens with one attached hydrogen (secondary N) is 1. The minimum atomic E-state index is -1.18. The summed E-state index contributed by atoms with van der Waals surface area (Å²) in [6.45, 7) is 0.577. The highest BCUT2D eigenvalue weighted by molar-refractivity contribution is 5.80. The van der Waals surface area contributed by atoms with Crippen molar-refractivity contribution in [3.05, 3.63) is 0 Å². The Balaban J connectivity index is 3.87. The van der Waals surface area contributed by atoms with E-state index in [-0.39, 0.29) is 6.54 Å². The van der Waals surface area contributed by atoms with Crippen molar-refractivity contribution in [1.29, 1.82) is 0 Å². The van der Waals surface area contributed by atoms with Gasteiger partial charge in [-0.3, -0.25) is 9.59 Å². The van der Waals surface area contributed by atoms with Crippen LogP contribution in [0.15, 0.2) is 0 Å². The van der Waals surface area contributed by atoms with Crippen molar-refractivity contribution in [2.24, 2.45) is 5.73 Å². The lowest BCUT2D eigenvalue weighted by Gasteiger charge is -2.10. The minimum absolute atomic E-state index is 0.281. The topological polar surface area (TPSA) is 113 Å². The van der Waals surface area contributed by atoms with E-state index in [0.29, 0.717) is 6.54 Å². The summed E-state index contributed by atoms with van der Waals surface area (Å²) in [7, 11) is 0. The second-order valence-corrected chi connectivity index (χ2v) is 2.23. The summed E-state index contributed by atoms with van der Waals surface area (Å²) < 4.78 is 0. The van der Waals surface area contributed by atoms with Gasteiger partial charge in [0.05, 0.1) is 6.42 Å². The van der Waals surface area contributed by atoms with Crippen molar-refractivity contribution in [2.45, 2.75) is 12.5 Å². The number of hydrogen-bond donors (Lipinski definition) is 4. The summed E-state index contributed by atoms with van der Waals surface area (Å²) in [5, 5.41) is 19.3. The quantitative estimate of drug-likeness (QED) is 0.390. The average molecular weight is 176 g/mol. The van der Waals surface area contributed by atoms with E-state index in [0.717, 1.165) is 0 Å². The Bertz CT molecular complexity index is 171. The van der Waals surface area contributed by atoms with Gasteiger partial charge in [0.1, 0.15) is 6.04 Å². The van der Waals surface area contributed by atoms with Crippen LogP contribution in [0.2, 0.25) is 0 Å². The SMILES string of the molecule is NCCN[C@H](CC(=O)O)C(=O)O. The Kier molecular flexibility index (Phi) is 4.98. The fourth-order valence-corrected chi connectivity index (χ4v) is 0.679. The third-order valence-electron chi connectivity index (χ3n) is 1.21. The molecule has 0 saturated heterocycles. The molecule has 0 heterocycles. The molecule has 5 N–H and O–H groups in total. The summed E-state index contributed by atoms with van der Waals surface area (Å²) in [6, 6.07) is -1.05. The molecule has 0 aliphatic carbocycles. The molecule has 0 unspecified atom stereocenters. The Morgan fingerprint density at radius 1 is 1.42 bits per heavy atom. The lowest BCUT2D eigenvalue weighted by molar-refractivity contribution is -0.145. The molecule has 0 saturated carbocycles. The van der Waals surface area contributed by atoms with Crippen molar-refractivity contribution in [1.82, 2.24) is 5.32 Å². The van der Waals surface area contributed by atoms with E-state index in [1.54, 1.807) is 0 Å². The maximum absolute atomic E-state index is 10.4. The number of aliphatic carboxylic acids is 2. The molecule has 0 spiro atoms. The monoisotopic (exact) mass is 176 g/mol. The minimum Gasteiger partial charge on any atom is -0.481 e. The average Bonchev–Trinajstić information content (AvgIpc) is 1.96. The van der Waals surface area contributed by atoms with Gasteiger partial charge in [-0.2, -0.15) is 0 Å². The van der Waals surface area contributed by atoms with Crippen LogP contribution >= 0.6 is 0 Å². The van der Waals surface area contributed by atoms with Gasteiger partial charge in [0.25, 0.3) is 0 Å². The van der Waals surface area contributed by atoms with Crippen LogP contribution in [0.5, 0.6) is 0 Å². The molecule has 6 nitrogen and oxygen atoms in total. The normalized spacial score (nSPS) is 12.4. The molecule has 0 rings (SSSR count). The number of hydrogen-bond acceptors (Lipinski definition) is 4. The lowest BCUT2D eigenvalue weighted by Crippen LogP contribution is -2.40. The Morgan fingerprint density at radius 3 is 2.33 bits per heavy atom. The Labute approximate surface area is 69.4 Å². The van der Waals surface area contributed by atoms with Gasteiger partial charge < -0.3 is 21.3 Å². The van der Waals surface area contributed by atoms with Gasteiger partial charge in [0.15, 0.2) is 0 Å². The standard InChI is InChI=1S/C6H12N2O4/c7-1-2-8-4(6(11)12)3-5(9)10/h4,8H,1-3,7H2,(H,9,10)(H,11,12)/t4-/m1/s1. The molecular weight excluding hydrogens is 164 g/mol. The van der Waals surface area contributed by atoms with Crippen molar-refractivity contribution in [3.8, 4) is 0 Å². The van der Waals surface area contributed by atoms with Crippen LogP contribution in [0.25, 0.3) is 0 Å². The molecule has 70 valence electrons. The van der Waals surface area contributed by atoms with Gasteiger partial charge in [0.2, 0.25) is 0 Å². The molecule has 12 heavy (non-hydrogen) atoms. The Morgan fingerprint density at radius 2 is 2.00 bits per heavy atom. The Hall–Kier alpha value is -1.14. The summed E-state index contributed by atoms with van der Waals surface area (Å²) in [5.74, 6) is -2.32. The maximum atomic E-state index is 10.4. The van der Waals surface area contributed by atoms with Gasteiger partial charge in [-0.05, 0) is 0 Å². The van der Waals surface area contributed by atoms with E-state index >= 15 is 0 Å². The highest BCUT2D eigenvalue weighted by atomic mass is 16.4. The molecule has 0 aliphatic heterocycles. The summed E-state index contributed by atoms with van der Waals surface area (Å²) in [5.41, 5.74) is 5.10. The number of rotatable bonds is 6. The zero-order chi connectivity index (χ0) is 9.56. The van der Waals surface area contributed by atoms with Crippen molar-refractivity contribution >= 4 is 11.9 Å². The van der Waals surface area contributed by atoms with E-state index in [4.69, 9.17) is 15.9 Å². The van der Waals surface area contributed by atoms with Crippen LogP contribution in [0.1, 0.15) is 6.42 Å². The largest absolute Gasteiger partial charge is 0.481 e. The number of carbonyl (C=O) groups is 2. The highest BCUT2D eigenvalue weighted by Crippen LogP contribution is 1.91. The molecule has 0 aliphatic rings. The van der Waals surface area contributed by atoms with Crippen molar-refractivity contribution in [2.75, 3.05) is 13.1 Å². The molecule has 6 heteroatoms. The molecule has 0 aromatic rings. The first-order valence-electron chi connectivity index (χ1n) is 3.46. The van der Waals surface area contributed by atoms with Crippen LogP contribution in [0.3, 0.4) is 0 Å². The second-order valence-electron chi connectivity index (χ2n) is 2.23. The first-order chi connectivity index (χ1) is 5.57. The lowest BCUT2D eigenvalue weighted by atomic mass is 10.2. The fourth-order valence-electron chi connectivity index (χ4n) is 0.679. The molecule has 0 amide bonds. The molecule has 1 atom stereocenters. The van der Waals surface area contributed by atoms with Crippen LogP contribution in [-0.4, -0.2) is 41.3 Å². The van der Waals surface area contributed by atoms with E-state index in [1.807, 2.05) is 0 Å². The molecule has 0 bridgehead atoms. The van der Waals surface area contributed by atoms with Gasteiger partial charge in [-0.1, -0.05) is 0 Å². The van der Waals surface area contributed by atoms with E-state index < -0.39 is 24.4 Å². The molecule has 0 radical (unpaired) electrons. The van der Waals surface area contributed by atoms with E-state index in [2.05, 4.69) is 5.32 Å². The predicted octanol–water partition coefficient (Wildman–Crippen LogP) is -1.54. The van der Waals surface area contributed by atoms with E-state index in [1.165, 1.54) is 0 Å². The third-order valence-corrected chi connectivity index (χ3v) is 1.21. The number of carboxylic acid groups (broad SMARTS) is 2. The van der Waals surface area contributed by atoms with Crippen LogP contribution in [0, 0.1) is 0 Å². The van der Waals surface area contributed by atoms with Gasteiger partial charge >= 0.3 is 11.9 Å². The molecule has 0 fully saturated rings. The van der Waals surface area contributed by atoms with Crippen molar-refractivity contribution < 1.29 is 19.8 Å². The van der Waals surface area contributed by atoms with Gasteiger partial charge in [-0.15, -0.1) is 0 Å². The number of nitrogens with two attached hydrogens (primary N) is 1.